The highest BCUT2D eigenvalue weighted by atomic mass is 16.5. The Morgan fingerprint density at radius 3 is 2.94 bits per heavy atom. The van der Waals surface area contributed by atoms with Gasteiger partial charge in [0.1, 0.15) is 5.76 Å². The number of hydrogen-bond acceptors (Lipinski definition) is 5. The van der Waals surface area contributed by atoms with Crippen LogP contribution in [0.15, 0.2) is 22.8 Å². The summed E-state index contributed by atoms with van der Waals surface area (Å²) in [7, 11) is 0. The Labute approximate surface area is 108 Å². The average Bonchev–Trinajstić information content (AvgIpc) is 2.87. The zero-order chi connectivity index (χ0) is 13.1. The standard InChI is InChI=1S/C13H23NO4/c1-2-16-8-9-17-11-12(15)10-14-6-5-13-4-3-7-18-13/h3-4,7,12,14-15H,2,5-6,8-11H2,1H3. The molecule has 1 aromatic heterocycles. The minimum Gasteiger partial charge on any atom is -0.469 e. The fourth-order valence-electron chi connectivity index (χ4n) is 1.48. The van der Waals surface area contributed by atoms with Gasteiger partial charge in [-0.1, -0.05) is 0 Å². The van der Waals surface area contributed by atoms with Crippen LogP contribution in [0.5, 0.6) is 0 Å². The van der Waals surface area contributed by atoms with Gasteiger partial charge in [-0.2, -0.15) is 0 Å². The zero-order valence-corrected chi connectivity index (χ0v) is 10.9. The summed E-state index contributed by atoms with van der Waals surface area (Å²) in [5.74, 6) is 0.949. The van der Waals surface area contributed by atoms with Crippen LogP contribution in [0.3, 0.4) is 0 Å². The van der Waals surface area contributed by atoms with Crippen molar-refractivity contribution in [2.75, 3.05) is 39.5 Å². The highest BCUT2D eigenvalue weighted by Crippen LogP contribution is 1.99. The van der Waals surface area contributed by atoms with Crippen LogP contribution < -0.4 is 5.32 Å². The normalized spacial score (nSPS) is 12.8. The van der Waals surface area contributed by atoms with E-state index in [1.807, 2.05) is 19.1 Å². The molecule has 1 unspecified atom stereocenters. The van der Waals surface area contributed by atoms with E-state index in [0.717, 1.165) is 18.7 Å². The molecule has 0 bridgehead atoms. The van der Waals surface area contributed by atoms with Gasteiger partial charge in [0.15, 0.2) is 0 Å². The monoisotopic (exact) mass is 257 g/mol. The summed E-state index contributed by atoms with van der Waals surface area (Å²) in [6, 6.07) is 3.81. The smallest absolute Gasteiger partial charge is 0.105 e. The predicted octanol–water partition coefficient (Wildman–Crippen LogP) is 0.826. The van der Waals surface area contributed by atoms with Crippen LogP contribution in [0.25, 0.3) is 0 Å². The summed E-state index contributed by atoms with van der Waals surface area (Å²) < 4.78 is 15.6. The molecular formula is C13H23NO4. The fourth-order valence-corrected chi connectivity index (χ4v) is 1.48. The molecule has 0 amide bonds. The number of nitrogens with one attached hydrogen (secondary N) is 1. The second-order valence-electron chi connectivity index (χ2n) is 3.96. The number of rotatable bonds is 11. The number of aliphatic hydroxyl groups excluding tert-OH is 1. The molecule has 0 spiro atoms. The molecule has 18 heavy (non-hydrogen) atoms. The highest BCUT2D eigenvalue weighted by Gasteiger charge is 2.03. The molecule has 5 heteroatoms. The minimum absolute atomic E-state index is 0.334. The van der Waals surface area contributed by atoms with E-state index in [1.54, 1.807) is 6.26 Å². The number of aliphatic hydroxyl groups is 1. The van der Waals surface area contributed by atoms with E-state index in [2.05, 4.69) is 5.32 Å². The maximum absolute atomic E-state index is 9.61. The third-order valence-electron chi connectivity index (χ3n) is 2.39. The Balaban J connectivity index is 1.88. The lowest BCUT2D eigenvalue weighted by atomic mass is 10.3. The van der Waals surface area contributed by atoms with Gasteiger partial charge in [-0.3, -0.25) is 0 Å². The summed E-state index contributed by atoms with van der Waals surface area (Å²) in [5, 5.41) is 12.8. The van der Waals surface area contributed by atoms with Crippen molar-refractivity contribution in [2.45, 2.75) is 19.4 Å². The Bertz CT molecular complexity index is 277. The van der Waals surface area contributed by atoms with Crippen molar-refractivity contribution in [1.29, 1.82) is 0 Å². The maximum atomic E-state index is 9.61. The molecule has 0 radical (unpaired) electrons. The lowest BCUT2D eigenvalue weighted by molar-refractivity contribution is 0.00657. The van der Waals surface area contributed by atoms with Crippen LogP contribution in [0.1, 0.15) is 12.7 Å². The maximum Gasteiger partial charge on any atom is 0.105 e. The highest BCUT2D eigenvalue weighted by molar-refractivity contribution is 4.98. The Hall–Kier alpha value is -0.880. The first-order valence-electron chi connectivity index (χ1n) is 6.39. The molecular weight excluding hydrogens is 234 g/mol. The van der Waals surface area contributed by atoms with Crippen molar-refractivity contribution in [3.63, 3.8) is 0 Å². The molecule has 0 aliphatic heterocycles. The summed E-state index contributed by atoms with van der Waals surface area (Å²) in [5.41, 5.74) is 0. The lowest BCUT2D eigenvalue weighted by Gasteiger charge is -2.12. The Morgan fingerprint density at radius 2 is 2.22 bits per heavy atom. The third kappa shape index (κ3) is 7.45. The van der Waals surface area contributed by atoms with E-state index in [0.29, 0.717) is 33.0 Å². The van der Waals surface area contributed by atoms with Crippen LogP contribution in [0.2, 0.25) is 0 Å². The van der Waals surface area contributed by atoms with Crippen molar-refractivity contribution in [2.24, 2.45) is 0 Å². The molecule has 0 saturated carbocycles. The SMILES string of the molecule is CCOCCOCC(O)CNCCc1ccco1. The van der Waals surface area contributed by atoms with Crippen molar-refractivity contribution >= 4 is 0 Å². The number of ether oxygens (including phenoxy) is 2. The van der Waals surface area contributed by atoms with E-state index < -0.39 is 6.10 Å². The van der Waals surface area contributed by atoms with Gasteiger partial charge in [0, 0.05) is 26.1 Å². The summed E-state index contributed by atoms with van der Waals surface area (Å²) in [4.78, 5) is 0. The quantitative estimate of drug-likeness (QED) is 0.575. The first-order chi connectivity index (χ1) is 8.83. The van der Waals surface area contributed by atoms with Crippen LogP contribution >= 0.6 is 0 Å². The second-order valence-corrected chi connectivity index (χ2v) is 3.96. The summed E-state index contributed by atoms with van der Waals surface area (Å²) in [6.45, 7) is 5.38. The molecule has 1 heterocycles. The van der Waals surface area contributed by atoms with Gasteiger partial charge >= 0.3 is 0 Å². The minimum atomic E-state index is -0.483. The van der Waals surface area contributed by atoms with Gasteiger partial charge < -0.3 is 24.3 Å². The number of hydrogen-bond donors (Lipinski definition) is 2. The topological polar surface area (TPSA) is 63.9 Å². The van der Waals surface area contributed by atoms with Gasteiger partial charge in [0.2, 0.25) is 0 Å². The van der Waals surface area contributed by atoms with Crippen LogP contribution in [0, 0.1) is 0 Å². The van der Waals surface area contributed by atoms with Crippen molar-refractivity contribution in [3.05, 3.63) is 24.2 Å². The van der Waals surface area contributed by atoms with E-state index in [1.165, 1.54) is 0 Å². The largest absolute Gasteiger partial charge is 0.469 e. The van der Waals surface area contributed by atoms with Gasteiger partial charge in [0.05, 0.1) is 32.2 Å². The number of furan rings is 1. The molecule has 0 aromatic carbocycles. The van der Waals surface area contributed by atoms with Crippen molar-refractivity contribution < 1.29 is 19.0 Å². The molecule has 0 fully saturated rings. The molecule has 2 N–H and O–H groups in total. The van der Waals surface area contributed by atoms with Gasteiger partial charge in [-0.15, -0.1) is 0 Å². The molecule has 5 nitrogen and oxygen atoms in total. The van der Waals surface area contributed by atoms with E-state index in [9.17, 15) is 5.11 Å². The fraction of sp³-hybridized carbons (Fsp3) is 0.692. The lowest BCUT2D eigenvalue weighted by Crippen LogP contribution is -2.32. The summed E-state index contributed by atoms with van der Waals surface area (Å²) >= 11 is 0. The third-order valence-corrected chi connectivity index (χ3v) is 2.39. The van der Waals surface area contributed by atoms with Crippen LogP contribution in [-0.2, 0) is 15.9 Å². The van der Waals surface area contributed by atoms with Crippen LogP contribution in [-0.4, -0.2) is 50.7 Å². The molecule has 1 aromatic rings. The Kier molecular flexibility index (Phi) is 8.50. The predicted molar refractivity (Wildman–Crippen MR) is 68.6 cm³/mol. The van der Waals surface area contributed by atoms with Gasteiger partial charge in [0.25, 0.3) is 0 Å². The molecule has 0 aliphatic rings. The molecule has 104 valence electrons. The van der Waals surface area contributed by atoms with E-state index >= 15 is 0 Å². The van der Waals surface area contributed by atoms with Gasteiger partial charge in [-0.25, -0.2) is 0 Å². The second kappa shape index (κ2) is 10.1. The average molecular weight is 257 g/mol. The molecule has 1 atom stereocenters. The first-order valence-corrected chi connectivity index (χ1v) is 6.39. The Morgan fingerprint density at radius 1 is 1.39 bits per heavy atom. The first kappa shape index (κ1) is 15.2. The van der Waals surface area contributed by atoms with Crippen LogP contribution in [0.4, 0.5) is 0 Å². The zero-order valence-electron chi connectivity index (χ0n) is 10.9. The van der Waals surface area contributed by atoms with Gasteiger partial charge in [-0.05, 0) is 19.1 Å². The molecule has 1 rings (SSSR count). The van der Waals surface area contributed by atoms with Crippen molar-refractivity contribution in [3.8, 4) is 0 Å². The van der Waals surface area contributed by atoms with Crippen molar-refractivity contribution in [1.82, 2.24) is 5.32 Å². The molecule has 0 saturated heterocycles. The molecule has 0 aliphatic carbocycles. The summed E-state index contributed by atoms with van der Waals surface area (Å²) in [6.07, 6.45) is 2.00. The van der Waals surface area contributed by atoms with E-state index in [4.69, 9.17) is 13.9 Å². The van der Waals surface area contributed by atoms with E-state index in [-0.39, 0.29) is 0 Å².